The molecular formula is C18H24BrN5O5S. The summed E-state index contributed by atoms with van der Waals surface area (Å²) in [6.45, 7) is 3.42. The van der Waals surface area contributed by atoms with Crippen molar-refractivity contribution in [2.75, 3.05) is 30.9 Å². The summed E-state index contributed by atoms with van der Waals surface area (Å²) >= 11 is 3.36. The molecule has 0 amide bonds. The van der Waals surface area contributed by atoms with Crippen molar-refractivity contribution in [1.29, 1.82) is 0 Å². The second kappa shape index (κ2) is 10.7. The van der Waals surface area contributed by atoms with Crippen molar-refractivity contribution in [2.45, 2.75) is 24.8 Å². The number of nitrogens with zero attached hydrogens (tertiary/aromatic N) is 2. The summed E-state index contributed by atoms with van der Waals surface area (Å²) in [6, 6.07) is 5.39. The Morgan fingerprint density at radius 3 is 2.50 bits per heavy atom. The molecule has 2 rings (SSSR count). The lowest BCUT2D eigenvalue weighted by atomic mass is 10.0. The molecule has 1 aromatic carbocycles. The number of methoxy groups -OCH3 is 1. The van der Waals surface area contributed by atoms with Gasteiger partial charge in [-0.25, -0.2) is 22.9 Å². The predicted molar refractivity (Wildman–Crippen MR) is 116 cm³/mol. The van der Waals surface area contributed by atoms with Crippen molar-refractivity contribution in [2.24, 2.45) is 5.92 Å². The fraction of sp³-hybridized carbons (Fsp3) is 0.389. The molecule has 4 N–H and O–H groups in total. The van der Waals surface area contributed by atoms with Gasteiger partial charge in [0.05, 0.1) is 23.1 Å². The van der Waals surface area contributed by atoms with Gasteiger partial charge in [0, 0.05) is 18.4 Å². The highest BCUT2D eigenvalue weighted by Crippen LogP contribution is 2.24. The quantitative estimate of drug-likeness (QED) is 0.358. The highest BCUT2D eigenvalue weighted by atomic mass is 79.9. The number of halogens is 1. The zero-order valence-electron chi connectivity index (χ0n) is 16.7. The monoisotopic (exact) mass is 501 g/mol. The van der Waals surface area contributed by atoms with E-state index in [0.717, 1.165) is 0 Å². The Labute approximate surface area is 183 Å². The van der Waals surface area contributed by atoms with Crippen molar-refractivity contribution in [3.8, 4) is 0 Å². The van der Waals surface area contributed by atoms with E-state index in [0.29, 0.717) is 16.0 Å². The van der Waals surface area contributed by atoms with Gasteiger partial charge in [-0.15, -0.1) is 0 Å². The number of nitrogens with one attached hydrogen (secondary N) is 3. The van der Waals surface area contributed by atoms with Gasteiger partial charge in [0.25, 0.3) is 0 Å². The molecule has 0 aliphatic rings. The van der Waals surface area contributed by atoms with Gasteiger partial charge >= 0.3 is 5.97 Å². The average molecular weight is 502 g/mol. The number of benzene rings is 1. The predicted octanol–water partition coefficient (Wildman–Crippen LogP) is 1.86. The van der Waals surface area contributed by atoms with E-state index < -0.39 is 22.0 Å². The number of aliphatic hydroxyl groups is 1. The molecule has 1 atom stereocenters. The smallest absolute Gasteiger partial charge is 0.328 e. The molecule has 0 bridgehead atoms. The van der Waals surface area contributed by atoms with E-state index in [4.69, 9.17) is 9.84 Å². The summed E-state index contributed by atoms with van der Waals surface area (Å²) in [7, 11) is -2.36. The van der Waals surface area contributed by atoms with Gasteiger partial charge in [0.2, 0.25) is 16.0 Å². The van der Waals surface area contributed by atoms with E-state index in [1.807, 2.05) is 13.8 Å². The Balaban J connectivity index is 2.18. The molecule has 1 aromatic heterocycles. The third-order valence-electron chi connectivity index (χ3n) is 3.98. The topological polar surface area (TPSA) is 143 Å². The molecule has 0 fully saturated rings. The van der Waals surface area contributed by atoms with E-state index >= 15 is 0 Å². The lowest BCUT2D eigenvalue weighted by molar-refractivity contribution is -0.142. The molecule has 1 heterocycles. The zero-order valence-corrected chi connectivity index (χ0v) is 19.1. The number of rotatable bonds is 10. The van der Waals surface area contributed by atoms with Gasteiger partial charge < -0.3 is 20.5 Å². The van der Waals surface area contributed by atoms with Gasteiger partial charge in [-0.1, -0.05) is 13.8 Å². The van der Waals surface area contributed by atoms with E-state index in [9.17, 15) is 13.2 Å². The van der Waals surface area contributed by atoms with E-state index in [1.54, 1.807) is 12.1 Å². The van der Waals surface area contributed by atoms with Crippen LogP contribution in [0.2, 0.25) is 0 Å². The molecular weight excluding hydrogens is 478 g/mol. The first kappa shape index (κ1) is 24.0. The van der Waals surface area contributed by atoms with E-state index in [1.165, 1.54) is 25.4 Å². The van der Waals surface area contributed by atoms with Crippen molar-refractivity contribution < 1.29 is 23.1 Å². The van der Waals surface area contributed by atoms with Gasteiger partial charge in [-0.3, -0.25) is 0 Å². The Morgan fingerprint density at radius 2 is 1.93 bits per heavy atom. The van der Waals surface area contributed by atoms with E-state index in [-0.39, 0.29) is 29.9 Å². The molecule has 2 aromatic rings. The van der Waals surface area contributed by atoms with Crippen molar-refractivity contribution in [3.63, 3.8) is 0 Å². The SMILES string of the molecule is COC(=O)[C@H](Nc1nc(Nc2ccc(S(=O)(=O)NCCO)cc2)ncc1Br)C(C)C. The molecule has 0 spiro atoms. The Hall–Kier alpha value is -2.28. The number of aromatic nitrogens is 2. The molecule has 10 nitrogen and oxygen atoms in total. The Bertz CT molecular complexity index is 969. The summed E-state index contributed by atoms with van der Waals surface area (Å²) in [6.07, 6.45) is 1.53. The number of anilines is 3. The van der Waals surface area contributed by atoms with Crippen LogP contribution in [-0.2, 0) is 19.6 Å². The minimum Gasteiger partial charge on any atom is -0.467 e. The first-order valence-electron chi connectivity index (χ1n) is 9.02. The van der Waals surface area contributed by atoms with Crippen LogP contribution in [0.3, 0.4) is 0 Å². The normalized spacial score (nSPS) is 12.5. The minimum atomic E-state index is -3.69. The third kappa shape index (κ3) is 6.36. The van der Waals surface area contributed by atoms with Crippen LogP contribution in [0.4, 0.5) is 17.5 Å². The molecule has 0 aliphatic heterocycles. The summed E-state index contributed by atoms with van der Waals surface area (Å²) in [5, 5.41) is 14.8. The van der Waals surface area contributed by atoms with Crippen LogP contribution in [0.1, 0.15) is 13.8 Å². The maximum Gasteiger partial charge on any atom is 0.328 e. The highest BCUT2D eigenvalue weighted by molar-refractivity contribution is 9.10. The van der Waals surface area contributed by atoms with Gasteiger partial charge in [-0.2, -0.15) is 4.98 Å². The number of hydrogen-bond donors (Lipinski definition) is 4. The summed E-state index contributed by atoms with van der Waals surface area (Å²) in [5.41, 5.74) is 0.567. The standard InChI is InChI=1S/C18H24BrN5O5S/c1-11(2)15(17(26)29-3)23-16-14(19)10-20-18(24-16)22-12-4-6-13(7-5-12)30(27,28)21-8-9-25/h4-7,10-11,15,21,25H,8-9H2,1-3H3,(H2,20,22,23,24)/t15-/m1/s1. The summed E-state index contributed by atoms with van der Waals surface area (Å²) < 4.78 is 31.8. The lowest BCUT2D eigenvalue weighted by Crippen LogP contribution is -2.36. The fourth-order valence-electron chi connectivity index (χ4n) is 2.41. The number of aliphatic hydroxyl groups excluding tert-OH is 1. The van der Waals surface area contributed by atoms with Crippen LogP contribution in [0.15, 0.2) is 39.8 Å². The van der Waals surface area contributed by atoms with Crippen molar-refractivity contribution in [3.05, 3.63) is 34.9 Å². The molecule has 12 heteroatoms. The number of sulfonamides is 1. The van der Waals surface area contributed by atoms with Crippen LogP contribution in [-0.4, -0.2) is 55.8 Å². The summed E-state index contributed by atoms with van der Waals surface area (Å²) in [4.78, 5) is 20.6. The Morgan fingerprint density at radius 1 is 1.27 bits per heavy atom. The second-order valence-corrected chi connectivity index (χ2v) is 9.17. The lowest BCUT2D eigenvalue weighted by Gasteiger charge is -2.21. The first-order valence-corrected chi connectivity index (χ1v) is 11.3. The molecule has 30 heavy (non-hydrogen) atoms. The largest absolute Gasteiger partial charge is 0.467 e. The molecule has 0 unspecified atom stereocenters. The third-order valence-corrected chi connectivity index (χ3v) is 6.04. The van der Waals surface area contributed by atoms with Gasteiger partial charge in [-0.05, 0) is 46.1 Å². The molecule has 0 saturated heterocycles. The minimum absolute atomic E-state index is 0.0374. The second-order valence-electron chi connectivity index (χ2n) is 6.55. The zero-order chi connectivity index (χ0) is 22.3. The number of carbonyl (C=O) groups excluding carboxylic acids is 1. The maximum atomic E-state index is 12.1. The van der Waals surface area contributed by atoms with Crippen molar-refractivity contribution >= 4 is 49.4 Å². The molecule has 0 aliphatic carbocycles. The van der Waals surface area contributed by atoms with Crippen LogP contribution in [0.25, 0.3) is 0 Å². The number of esters is 1. The number of ether oxygens (including phenoxy) is 1. The highest BCUT2D eigenvalue weighted by Gasteiger charge is 2.24. The average Bonchev–Trinajstić information content (AvgIpc) is 2.72. The molecule has 164 valence electrons. The summed E-state index contributed by atoms with van der Waals surface area (Å²) in [5.74, 6) is 0.215. The van der Waals surface area contributed by atoms with Crippen LogP contribution >= 0.6 is 15.9 Å². The fourth-order valence-corrected chi connectivity index (χ4v) is 3.74. The number of hydrogen-bond acceptors (Lipinski definition) is 9. The van der Waals surface area contributed by atoms with E-state index in [2.05, 4.69) is 41.3 Å². The Kier molecular flexibility index (Phi) is 8.53. The van der Waals surface area contributed by atoms with Crippen molar-refractivity contribution in [1.82, 2.24) is 14.7 Å². The van der Waals surface area contributed by atoms with Crippen LogP contribution in [0, 0.1) is 5.92 Å². The molecule has 0 radical (unpaired) electrons. The van der Waals surface area contributed by atoms with Crippen LogP contribution in [0.5, 0.6) is 0 Å². The van der Waals surface area contributed by atoms with Crippen LogP contribution < -0.4 is 15.4 Å². The maximum absolute atomic E-state index is 12.1. The first-order chi connectivity index (χ1) is 14.2. The van der Waals surface area contributed by atoms with Gasteiger partial charge in [0.15, 0.2) is 0 Å². The molecule has 0 saturated carbocycles. The van der Waals surface area contributed by atoms with Gasteiger partial charge in [0.1, 0.15) is 11.9 Å². The number of carbonyl (C=O) groups is 1.